The summed E-state index contributed by atoms with van der Waals surface area (Å²) in [6, 6.07) is 13.7. The van der Waals surface area contributed by atoms with Gasteiger partial charge in [0, 0.05) is 14.3 Å². The number of rotatable bonds is 4. The molecular formula is C21H12Cl3IN2O3. The number of carbonyl (C=O) groups is 1. The van der Waals surface area contributed by atoms with Gasteiger partial charge in [-0.3, -0.25) is 4.79 Å². The first-order valence-corrected chi connectivity index (χ1v) is 10.8. The third kappa shape index (κ3) is 4.23. The Hall–Kier alpha value is -2.00. The van der Waals surface area contributed by atoms with Crippen molar-refractivity contribution in [2.24, 2.45) is 0 Å². The van der Waals surface area contributed by atoms with Gasteiger partial charge < -0.3 is 14.5 Å². The van der Waals surface area contributed by atoms with Crippen LogP contribution in [0.25, 0.3) is 22.6 Å². The number of hydrogen-bond acceptors (Lipinski definition) is 4. The van der Waals surface area contributed by atoms with E-state index in [4.69, 9.17) is 44.0 Å². The van der Waals surface area contributed by atoms with Gasteiger partial charge in [0.15, 0.2) is 5.58 Å². The van der Waals surface area contributed by atoms with Crippen LogP contribution in [0.3, 0.4) is 0 Å². The molecule has 0 unspecified atom stereocenters. The van der Waals surface area contributed by atoms with Crippen LogP contribution in [0.5, 0.6) is 5.75 Å². The van der Waals surface area contributed by atoms with Gasteiger partial charge in [0.1, 0.15) is 11.3 Å². The van der Waals surface area contributed by atoms with E-state index in [9.17, 15) is 4.79 Å². The van der Waals surface area contributed by atoms with Crippen LogP contribution in [-0.2, 0) is 0 Å². The van der Waals surface area contributed by atoms with Gasteiger partial charge in [0.2, 0.25) is 5.89 Å². The summed E-state index contributed by atoms with van der Waals surface area (Å²) in [5, 5.41) is 3.93. The Morgan fingerprint density at radius 3 is 2.63 bits per heavy atom. The number of ether oxygens (including phenoxy) is 1. The number of nitrogens with one attached hydrogen (secondary N) is 1. The number of carbonyl (C=O) groups excluding carboxylic acids is 1. The monoisotopic (exact) mass is 572 g/mol. The van der Waals surface area contributed by atoms with Crippen LogP contribution >= 0.6 is 57.4 Å². The van der Waals surface area contributed by atoms with Crippen molar-refractivity contribution in [3.8, 4) is 17.2 Å². The summed E-state index contributed by atoms with van der Waals surface area (Å²) < 4.78 is 12.1. The first kappa shape index (κ1) is 21.2. The number of benzene rings is 3. The molecule has 0 saturated carbocycles. The van der Waals surface area contributed by atoms with Crippen molar-refractivity contribution < 1.29 is 13.9 Å². The molecule has 0 aliphatic rings. The molecule has 0 radical (unpaired) electrons. The average molecular weight is 574 g/mol. The van der Waals surface area contributed by atoms with Gasteiger partial charge in [-0.05, 0) is 71.1 Å². The number of halogens is 4. The summed E-state index contributed by atoms with van der Waals surface area (Å²) in [5.74, 6) is 0.233. The summed E-state index contributed by atoms with van der Waals surface area (Å²) >= 11 is 20.6. The second-order valence-electron chi connectivity index (χ2n) is 6.25. The summed E-state index contributed by atoms with van der Waals surface area (Å²) in [6.45, 7) is 0. The molecule has 0 fully saturated rings. The molecule has 152 valence electrons. The molecule has 4 rings (SSSR count). The molecule has 4 aromatic rings. The number of amides is 1. The number of anilines is 1. The van der Waals surface area contributed by atoms with Gasteiger partial charge in [-0.15, -0.1) is 0 Å². The normalized spacial score (nSPS) is 11.0. The maximum atomic E-state index is 12.8. The smallest absolute Gasteiger partial charge is 0.259 e. The molecular weight excluding hydrogens is 562 g/mol. The Morgan fingerprint density at radius 1 is 1.07 bits per heavy atom. The van der Waals surface area contributed by atoms with E-state index < -0.39 is 5.91 Å². The van der Waals surface area contributed by atoms with Gasteiger partial charge in [-0.1, -0.05) is 34.8 Å². The molecule has 5 nitrogen and oxygen atoms in total. The topological polar surface area (TPSA) is 64.4 Å². The second-order valence-corrected chi connectivity index (χ2v) is 8.74. The fraction of sp³-hybridized carbons (Fsp3) is 0.0476. The van der Waals surface area contributed by atoms with Crippen LogP contribution in [0.1, 0.15) is 10.4 Å². The number of aromatic nitrogens is 1. The van der Waals surface area contributed by atoms with Gasteiger partial charge in [-0.25, -0.2) is 4.98 Å². The average Bonchev–Trinajstić information content (AvgIpc) is 3.12. The van der Waals surface area contributed by atoms with E-state index in [1.807, 2.05) is 12.1 Å². The molecule has 0 atom stereocenters. The second kappa shape index (κ2) is 8.63. The van der Waals surface area contributed by atoms with Gasteiger partial charge in [0.25, 0.3) is 5.91 Å². The summed E-state index contributed by atoms with van der Waals surface area (Å²) in [6.07, 6.45) is 0. The molecule has 9 heteroatoms. The van der Waals surface area contributed by atoms with Crippen LogP contribution in [0.2, 0.25) is 15.1 Å². The highest BCUT2D eigenvalue weighted by atomic mass is 127. The summed E-state index contributed by atoms with van der Waals surface area (Å²) in [7, 11) is 1.44. The maximum Gasteiger partial charge on any atom is 0.259 e. The minimum absolute atomic E-state index is 0.224. The molecule has 0 saturated heterocycles. The van der Waals surface area contributed by atoms with Crippen molar-refractivity contribution in [2.45, 2.75) is 0 Å². The van der Waals surface area contributed by atoms with Crippen molar-refractivity contribution in [1.29, 1.82) is 0 Å². The summed E-state index contributed by atoms with van der Waals surface area (Å²) in [5.41, 5.74) is 2.60. The van der Waals surface area contributed by atoms with E-state index in [1.54, 1.807) is 24.3 Å². The van der Waals surface area contributed by atoms with E-state index in [0.29, 0.717) is 38.3 Å². The molecule has 0 bridgehead atoms. The van der Waals surface area contributed by atoms with Gasteiger partial charge in [0.05, 0.1) is 28.3 Å². The molecule has 0 aliphatic heterocycles. The van der Waals surface area contributed by atoms with E-state index in [0.717, 1.165) is 3.57 Å². The largest absolute Gasteiger partial charge is 0.494 e. The fourth-order valence-electron chi connectivity index (χ4n) is 2.92. The van der Waals surface area contributed by atoms with Gasteiger partial charge in [-0.2, -0.15) is 0 Å². The van der Waals surface area contributed by atoms with E-state index in [-0.39, 0.29) is 16.3 Å². The predicted molar refractivity (Wildman–Crippen MR) is 128 cm³/mol. The first-order chi connectivity index (χ1) is 14.4. The Labute approximate surface area is 200 Å². The third-order valence-electron chi connectivity index (χ3n) is 4.26. The maximum absolute atomic E-state index is 12.8. The lowest BCUT2D eigenvalue weighted by Crippen LogP contribution is -2.13. The van der Waals surface area contributed by atoms with Crippen molar-refractivity contribution in [3.63, 3.8) is 0 Å². The van der Waals surface area contributed by atoms with E-state index in [2.05, 4.69) is 32.9 Å². The molecule has 1 aromatic heterocycles. The Kier molecular flexibility index (Phi) is 6.11. The standard InChI is InChI=1S/C21H12Cl3IN2O3/c1-29-19-14(6-10(22)7-16(19)24)20(28)26-12-3-5-18-17(9-12)27-21(30-18)13-8-11(25)2-4-15(13)23/h2-9H,1H3,(H,26,28). The summed E-state index contributed by atoms with van der Waals surface area (Å²) in [4.78, 5) is 17.3. The molecule has 1 heterocycles. The van der Waals surface area contributed by atoms with Crippen molar-refractivity contribution in [2.75, 3.05) is 12.4 Å². The van der Waals surface area contributed by atoms with Crippen LogP contribution in [0.4, 0.5) is 5.69 Å². The fourth-order valence-corrected chi connectivity index (χ4v) is 4.18. The molecule has 0 spiro atoms. The lowest BCUT2D eigenvalue weighted by molar-refractivity contribution is 0.102. The van der Waals surface area contributed by atoms with Crippen LogP contribution < -0.4 is 10.1 Å². The van der Waals surface area contributed by atoms with Gasteiger partial charge >= 0.3 is 0 Å². The van der Waals surface area contributed by atoms with Crippen LogP contribution in [0.15, 0.2) is 52.9 Å². The molecule has 1 amide bonds. The van der Waals surface area contributed by atoms with Crippen LogP contribution in [0, 0.1) is 3.57 Å². The van der Waals surface area contributed by atoms with Crippen LogP contribution in [-0.4, -0.2) is 18.0 Å². The zero-order chi connectivity index (χ0) is 21.4. The zero-order valence-electron chi connectivity index (χ0n) is 15.3. The quantitative estimate of drug-likeness (QED) is 0.260. The lowest BCUT2D eigenvalue weighted by atomic mass is 10.1. The van der Waals surface area contributed by atoms with Crippen molar-refractivity contribution in [1.82, 2.24) is 4.98 Å². The van der Waals surface area contributed by atoms with Crippen molar-refractivity contribution in [3.05, 3.63) is 72.7 Å². The predicted octanol–water partition coefficient (Wildman–Crippen LogP) is 7.32. The Bertz CT molecular complexity index is 1290. The zero-order valence-corrected chi connectivity index (χ0v) is 19.7. The molecule has 0 aliphatic carbocycles. The van der Waals surface area contributed by atoms with Crippen molar-refractivity contribution >= 4 is 80.1 Å². The number of fused-ring (bicyclic) bond motifs is 1. The number of methoxy groups -OCH3 is 1. The molecule has 3 aromatic carbocycles. The highest BCUT2D eigenvalue weighted by Gasteiger charge is 2.18. The van der Waals surface area contributed by atoms with E-state index in [1.165, 1.54) is 19.2 Å². The highest BCUT2D eigenvalue weighted by molar-refractivity contribution is 14.1. The Balaban J connectivity index is 1.67. The Morgan fingerprint density at radius 2 is 1.87 bits per heavy atom. The van der Waals surface area contributed by atoms with E-state index >= 15 is 0 Å². The molecule has 1 N–H and O–H groups in total. The lowest BCUT2D eigenvalue weighted by Gasteiger charge is -2.11. The highest BCUT2D eigenvalue weighted by Crippen LogP contribution is 2.34. The minimum Gasteiger partial charge on any atom is -0.494 e. The molecule has 30 heavy (non-hydrogen) atoms. The SMILES string of the molecule is COc1c(Cl)cc(Cl)cc1C(=O)Nc1ccc2oc(-c3cc(I)ccc3Cl)nc2c1. The number of oxazole rings is 1. The number of nitrogens with zero attached hydrogens (tertiary/aromatic N) is 1. The third-order valence-corrected chi connectivity index (χ3v) is 5.76. The first-order valence-electron chi connectivity index (χ1n) is 8.56. The number of hydrogen-bond donors (Lipinski definition) is 1. The minimum atomic E-state index is -0.417.